The van der Waals surface area contributed by atoms with Gasteiger partial charge in [0.15, 0.2) is 0 Å². The number of imide groups is 1. The zero-order valence-electron chi connectivity index (χ0n) is 15.3. The second kappa shape index (κ2) is 8.37. The summed E-state index contributed by atoms with van der Waals surface area (Å²) in [5.41, 5.74) is 0. The van der Waals surface area contributed by atoms with Gasteiger partial charge in [0.2, 0.25) is 15.9 Å². The molecule has 0 spiro atoms. The molecule has 0 radical (unpaired) electrons. The van der Waals surface area contributed by atoms with Gasteiger partial charge in [-0.2, -0.15) is 0 Å². The van der Waals surface area contributed by atoms with Crippen molar-refractivity contribution in [3.63, 3.8) is 0 Å². The van der Waals surface area contributed by atoms with Gasteiger partial charge >= 0.3 is 6.03 Å². The van der Waals surface area contributed by atoms with E-state index in [-0.39, 0.29) is 22.9 Å². The first-order valence-corrected chi connectivity index (χ1v) is 10.8. The molecule has 1 aromatic carbocycles. The zero-order valence-corrected chi connectivity index (χ0v) is 16.2. The molecule has 1 atom stereocenters. The largest absolute Gasteiger partial charge is 0.335 e. The lowest BCUT2D eigenvalue weighted by molar-refractivity contribution is -0.125. The van der Waals surface area contributed by atoms with Crippen LogP contribution in [0.3, 0.4) is 0 Å². The van der Waals surface area contributed by atoms with E-state index >= 15 is 0 Å². The van der Waals surface area contributed by atoms with Crippen LogP contribution >= 0.6 is 0 Å². The van der Waals surface area contributed by atoms with Crippen LogP contribution in [0.15, 0.2) is 35.2 Å². The molecule has 3 N–H and O–H groups in total. The Hall–Kier alpha value is -1.97. The van der Waals surface area contributed by atoms with Crippen LogP contribution in [0.5, 0.6) is 0 Å². The van der Waals surface area contributed by atoms with Crippen molar-refractivity contribution in [3.8, 4) is 0 Å². The summed E-state index contributed by atoms with van der Waals surface area (Å²) < 4.78 is 27.6. The highest BCUT2D eigenvalue weighted by Crippen LogP contribution is 2.19. The predicted octanol–water partition coefficient (Wildman–Crippen LogP) is 0.806. The number of sulfonamides is 1. The molecule has 1 unspecified atom stereocenters. The Bertz CT molecular complexity index is 772. The van der Waals surface area contributed by atoms with Crippen LogP contribution in [0, 0.1) is 0 Å². The molecule has 2 aliphatic rings. The van der Waals surface area contributed by atoms with Crippen molar-refractivity contribution in [1.29, 1.82) is 0 Å². The summed E-state index contributed by atoms with van der Waals surface area (Å²) in [4.78, 5) is 26.1. The van der Waals surface area contributed by atoms with Crippen molar-refractivity contribution >= 4 is 22.0 Å². The fourth-order valence-corrected chi connectivity index (χ4v) is 4.45. The normalized spacial score (nSPS) is 20.0. The average Bonchev–Trinajstić information content (AvgIpc) is 3.46. The number of carbonyl (C=O) groups is 2. The molecular formula is C18H26N4O4S. The Morgan fingerprint density at radius 2 is 1.67 bits per heavy atom. The van der Waals surface area contributed by atoms with Gasteiger partial charge < -0.3 is 5.32 Å². The minimum absolute atomic E-state index is 0.167. The number of urea groups is 1. The van der Waals surface area contributed by atoms with E-state index in [0.717, 1.165) is 12.8 Å². The number of hydrogen-bond donors (Lipinski definition) is 3. The highest BCUT2D eigenvalue weighted by Gasteiger charge is 2.30. The number of amides is 3. The Morgan fingerprint density at radius 1 is 1.04 bits per heavy atom. The quantitative estimate of drug-likeness (QED) is 0.662. The molecule has 0 bridgehead atoms. The summed E-state index contributed by atoms with van der Waals surface area (Å²) >= 11 is 0. The summed E-state index contributed by atoms with van der Waals surface area (Å²) in [5.74, 6) is -0.337. The van der Waals surface area contributed by atoms with Crippen molar-refractivity contribution in [3.05, 3.63) is 30.3 Å². The lowest BCUT2D eigenvalue weighted by Gasteiger charge is -2.35. The molecule has 27 heavy (non-hydrogen) atoms. The molecule has 3 amide bonds. The Kier molecular flexibility index (Phi) is 6.13. The highest BCUT2D eigenvalue weighted by atomic mass is 32.2. The molecular weight excluding hydrogens is 368 g/mol. The SMILES string of the molecule is CC(C(=O)NC(=O)NC1CC1)N1CCC(NS(=O)(=O)c2ccccc2)CC1. The van der Waals surface area contributed by atoms with E-state index in [9.17, 15) is 18.0 Å². The third kappa shape index (κ3) is 5.50. The number of piperidine rings is 1. The summed E-state index contributed by atoms with van der Waals surface area (Å²) in [6.45, 7) is 2.93. The van der Waals surface area contributed by atoms with Crippen LogP contribution in [0.25, 0.3) is 0 Å². The van der Waals surface area contributed by atoms with Crippen LogP contribution in [0.1, 0.15) is 32.6 Å². The molecule has 1 aliphatic carbocycles. The van der Waals surface area contributed by atoms with Gasteiger partial charge in [0.25, 0.3) is 0 Å². The summed E-state index contributed by atoms with van der Waals surface area (Å²) in [6, 6.07) is 7.43. The molecule has 1 saturated heterocycles. The van der Waals surface area contributed by atoms with Crippen molar-refractivity contribution in [2.75, 3.05) is 13.1 Å². The topological polar surface area (TPSA) is 108 Å². The third-order valence-corrected chi connectivity index (χ3v) is 6.52. The summed E-state index contributed by atoms with van der Waals surface area (Å²) in [7, 11) is -3.54. The number of benzene rings is 1. The predicted molar refractivity (Wildman–Crippen MR) is 101 cm³/mol. The number of nitrogens with one attached hydrogen (secondary N) is 3. The van der Waals surface area contributed by atoms with E-state index in [1.54, 1.807) is 37.3 Å². The molecule has 1 aliphatic heterocycles. The second-order valence-corrected chi connectivity index (χ2v) is 8.87. The van der Waals surface area contributed by atoms with Gasteiger partial charge in [-0.3, -0.25) is 15.0 Å². The first-order valence-electron chi connectivity index (χ1n) is 9.28. The monoisotopic (exact) mass is 394 g/mol. The highest BCUT2D eigenvalue weighted by molar-refractivity contribution is 7.89. The van der Waals surface area contributed by atoms with Crippen LogP contribution in [-0.2, 0) is 14.8 Å². The molecule has 1 saturated carbocycles. The van der Waals surface area contributed by atoms with Gasteiger partial charge in [-0.25, -0.2) is 17.9 Å². The number of carbonyl (C=O) groups excluding carboxylic acids is 2. The maximum atomic E-state index is 12.4. The van der Waals surface area contributed by atoms with E-state index in [2.05, 4.69) is 15.4 Å². The molecule has 148 valence electrons. The number of likely N-dealkylation sites (tertiary alicyclic amines) is 1. The van der Waals surface area contributed by atoms with E-state index in [4.69, 9.17) is 0 Å². The number of hydrogen-bond acceptors (Lipinski definition) is 5. The first-order chi connectivity index (χ1) is 12.8. The molecule has 8 nitrogen and oxygen atoms in total. The molecule has 0 aromatic heterocycles. The van der Waals surface area contributed by atoms with E-state index < -0.39 is 22.1 Å². The van der Waals surface area contributed by atoms with Gasteiger partial charge in [-0.15, -0.1) is 0 Å². The van der Waals surface area contributed by atoms with Crippen molar-refractivity contribution < 1.29 is 18.0 Å². The summed E-state index contributed by atoms with van der Waals surface area (Å²) in [5, 5.41) is 5.10. The smallest absolute Gasteiger partial charge is 0.321 e. The molecule has 2 fully saturated rings. The maximum Gasteiger partial charge on any atom is 0.321 e. The minimum Gasteiger partial charge on any atom is -0.335 e. The lowest BCUT2D eigenvalue weighted by atomic mass is 10.0. The van der Waals surface area contributed by atoms with Crippen molar-refractivity contribution in [1.82, 2.24) is 20.3 Å². The van der Waals surface area contributed by atoms with Crippen LogP contribution in [0.4, 0.5) is 4.79 Å². The minimum atomic E-state index is -3.54. The standard InChI is InChI=1S/C18H26N4O4S/c1-13(17(23)20-18(24)19-14-7-8-14)22-11-9-15(10-12-22)21-27(25,26)16-5-3-2-4-6-16/h2-6,13-15,21H,7-12H2,1H3,(H2,19,20,23,24). The second-order valence-electron chi connectivity index (χ2n) is 7.16. The van der Waals surface area contributed by atoms with E-state index in [1.807, 2.05) is 4.90 Å². The number of nitrogens with zero attached hydrogens (tertiary/aromatic N) is 1. The molecule has 3 rings (SSSR count). The fourth-order valence-electron chi connectivity index (χ4n) is 3.12. The van der Waals surface area contributed by atoms with E-state index in [0.29, 0.717) is 25.9 Å². The van der Waals surface area contributed by atoms with Crippen LogP contribution in [-0.4, -0.2) is 56.5 Å². The molecule has 1 heterocycles. The van der Waals surface area contributed by atoms with Gasteiger partial charge in [0.05, 0.1) is 10.9 Å². The average molecular weight is 394 g/mol. The zero-order chi connectivity index (χ0) is 19.4. The first kappa shape index (κ1) is 19.8. The van der Waals surface area contributed by atoms with E-state index in [1.165, 1.54) is 0 Å². The maximum absolute atomic E-state index is 12.4. The van der Waals surface area contributed by atoms with Gasteiger partial charge in [-0.05, 0) is 44.7 Å². The molecule has 9 heteroatoms. The number of rotatable bonds is 6. The van der Waals surface area contributed by atoms with Gasteiger partial charge in [0.1, 0.15) is 0 Å². The van der Waals surface area contributed by atoms with Gasteiger partial charge in [-0.1, -0.05) is 18.2 Å². The van der Waals surface area contributed by atoms with Gasteiger partial charge in [0, 0.05) is 25.2 Å². The Labute approximate surface area is 159 Å². The third-order valence-electron chi connectivity index (χ3n) is 4.98. The lowest BCUT2D eigenvalue weighted by Crippen LogP contribution is -2.53. The van der Waals surface area contributed by atoms with Crippen molar-refractivity contribution in [2.45, 2.75) is 55.6 Å². The van der Waals surface area contributed by atoms with Crippen LogP contribution in [0.2, 0.25) is 0 Å². The molecule has 1 aromatic rings. The fraction of sp³-hybridized carbons (Fsp3) is 0.556. The van der Waals surface area contributed by atoms with Crippen LogP contribution < -0.4 is 15.4 Å². The van der Waals surface area contributed by atoms with Crippen molar-refractivity contribution in [2.24, 2.45) is 0 Å². The Balaban J connectivity index is 1.46. The Morgan fingerprint density at radius 3 is 2.26 bits per heavy atom. The summed E-state index contributed by atoms with van der Waals surface area (Å²) in [6.07, 6.45) is 3.14.